The Kier molecular flexibility index (Phi) is 4.90. The maximum absolute atomic E-state index is 12.0. The number of nitrogens with one attached hydrogen (secondary N) is 1. The Bertz CT molecular complexity index is 681. The quantitative estimate of drug-likeness (QED) is 0.839. The smallest absolute Gasteiger partial charge is 0.244 e. The van der Waals surface area contributed by atoms with Crippen molar-refractivity contribution in [3.05, 3.63) is 35.9 Å². The number of carbonyl (C=O) groups is 1. The van der Waals surface area contributed by atoms with Crippen molar-refractivity contribution in [3.8, 4) is 5.75 Å². The molecule has 1 aromatic rings. The first kappa shape index (κ1) is 16.5. The van der Waals surface area contributed by atoms with Crippen molar-refractivity contribution in [1.29, 1.82) is 0 Å². The molecule has 0 radical (unpaired) electrons. The Hall–Kier alpha value is -1.82. The summed E-state index contributed by atoms with van der Waals surface area (Å²) in [5, 5.41) is 2.79. The van der Waals surface area contributed by atoms with Gasteiger partial charge in [0.05, 0.1) is 23.7 Å². The fraction of sp³-hybridized carbons (Fsp3) is 0.438. The van der Waals surface area contributed by atoms with Crippen LogP contribution in [0.5, 0.6) is 5.75 Å². The first-order valence-electron chi connectivity index (χ1n) is 7.26. The van der Waals surface area contributed by atoms with Gasteiger partial charge in [0, 0.05) is 11.6 Å². The van der Waals surface area contributed by atoms with Gasteiger partial charge in [0.25, 0.3) is 0 Å². The number of ether oxygens (including phenoxy) is 1. The summed E-state index contributed by atoms with van der Waals surface area (Å²) >= 11 is 0. The summed E-state index contributed by atoms with van der Waals surface area (Å²) < 4.78 is 28.6. The monoisotopic (exact) mass is 323 g/mol. The van der Waals surface area contributed by atoms with Crippen molar-refractivity contribution in [2.75, 3.05) is 18.1 Å². The van der Waals surface area contributed by atoms with Crippen molar-refractivity contribution in [1.82, 2.24) is 5.32 Å². The molecule has 120 valence electrons. The maximum atomic E-state index is 12.0. The number of amides is 1. The zero-order valence-corrected chi connectivity index (χ0v) is 13.7. The molecule has 0 bridgehead atoms. The number of benzene rings is 1. The Morgan fingerprint density at radius 2 is 2.14 bits per heavy atom. The minimum Gasteiger partial charge on any atom is -0.493 e. The molecule has 1 amide bonds. The Labute approximate surface area is 131 Å². The third kappa shape index (κ3) is 4.34. The number of sulfone groups is 1. The lowest BCUT2D eigenvalue weighted by Crippen LogP contribution is -2.46. The molecule has 0 saturated carbocycles. The highest BCUT2D eigenvalue weighted by molar-refractivity contribution is 7.91. The van der Waals surface area contributed by atoms with Gasteiger partial charge >= 0.3 is 0 Å². The highest BCUT2D eigenvalue weighted by atomic mass is 32.2. The second-order valence-electron chi connectivity index (χ2n) is 5.70. The summed E-state index contributed by atoms with van der Waals surface area (Å²) in [6.07, 6.45) is 3.53. The van der Waals surface area contributed by atoms with Gasteiger partial charge in [-0.2, -0.15) is 0 Å². The van der Waals surface area contributed by atoms with E-state index in [-0.39, 0.29) is 17.4 Å². The van der Waals surface area contributed by atoms with Gasteiger partial charge in [-0.1, -0.05) is 18.2 Å². The summed E-state index contributed by atoms with van der Waals surface area (Å²) in [6, 6.07) is 7.43. The predicted octanol–water partition coefficient (Wildman–Crippen LogP) is 1.79. The molecule has 0 spiro atoms. The summed E-state index contributed by atoms with van der Waals surface area (Å²) in [5.74, 6) is 0.532. The molecule has 1 saturated heterocycles. The molecule has 0 aromatic heterocycles. The molecule has 2 rings (SSSR count). The van der Waals surface area contributed by atoms with Crippen LogP contribution in [0.25, 0.3) is 6.08 Å². The largest absolute Gasteiger partial charge is 0.493 e. The average molecular weight is 323 g/mol. The summed E-state index contributed by atoms with van der Waals surface area (Å²) in [4.78, 5) is 12.0. The summed E-state index contributed by atoms with van der Waals surface area (Å²) in [7, 11) is -3.04. The van der Waals surface area contributed by atoms with E-state index in [1.807, 2.05) is 31.2 Å². The van der Waals surface area contributed by atoms with Crippen LogP contribution in [0.1, 0.15) is 25.8 Å². The van der Waals surface area contributed by atoms with Crippen LogP contribution in [-0.4, -0.2) is 38.0 Å². The van der Waals surface area contributed by atoms with Gasteiger partial charge in [-0.25, -0.2) is 8.42 Å². The molecule has 1 unspecified atom stereocenters. The molecule has 1 heterocycles. The summed E-state index contributed by atoms with van der Waals surface area (Å²) in [5.41, 5.74) is 0.128. The molecule has 22 heavy (non-hydrogen) atoms. The van der Waals surface area contributed by atoms with Crippen LogP contribution >= 0.6 is 0 Å². The van der Waals surface area contributed by atoms with E-state index >= 15 is 0 Å². The van der Waals surface area contributed by atoms with Gasteiger partial charge in [-0.3, -0.25) is 4.79 Å². The van der Waals surface area contributed by atoms with Crippen LogP contribution in [0, 0.1) is 0 Å². The first-order chi connectivity index (χ1) is 10.3. The molecule has 1 aliphatic heterocycles. The van der Waals surface area contributed by atoms with E-state index in [4.69, 9.17) is 4.74 Å². The molecular formula is C16H21NO4S. The number of hydrogen-bond donors (Lipinski definition) is 1. The van der Waals surface area contributed by atoms with Crippen LogP contribution in [0.4, 0.5) is 0 Å². The second-order valence-corrected chi connectivity index (χ2v) is 7.88. The number of hydrogen-bond acceptors (Lipinski definition) is 4. The maximum Gasteiger partial charge on any atom is 0.244 e. The second kappa shape index (κ2) is 6.52. The van der Waals surface area contributed by atoms with Gasteiger partial charge in [0.1, 0.15) is 5.75 Å². The van der Waals surface area contributed by atoms with Gasteiger partial charge in [0.2, 0.25) is 5.91 Å². The zero-order valence-electron chi connectivity index (χ0n) is 12.8. The van der Waals surface area contributed by atoms with E-state index in [0.717, 1.165) is 5.56 Å². The molecule has 1 atom stereocenters. The van der Waals surface area contributed by atoms with E-state index in [2.05, 4.69) is 5.32 Å². The van der Waals surface area contributed by atoms with Crippen LogP contribution < -0.4 is 10.1 Å². The Morgan fingerprint density at radius 3 is 2.77 bits per heavy atom. The fourth-order valence-corrected chi connectivity index (χ4v) is 4.61. The van der Waals surface area contributed by atoms with Gasteiger partial charge in [-0.15, -0.1) is 0 Å². The van der Waals surface area contributed by atoms with Gasteiger partial charge < -0.3 is 10.1 Å². The SMILES string of the molecule is CCOc1ccccc1/C=C/C(=O)NC1(C)CCS(=O)(=O)C1. The highest BCUT2D eigenvalue weighted by Crippen LogP contribution is 2.23. The Balaban J connectivity index is 2.03. The van der Waals surface area contributed by atoms with Crippen LogP contribution in [-0.2, 0) is 14.6 Å². The molecule has 5 nitrogen and oxygen atoms in total. The van der Waals surface area contributed by atoms with Crippen LogP contribution in [0.15, 0.2) is 30.3 Å². The van der Waals surface area contributed by atoms with Crippen molar-refractivity contribution in [2.24, 2.45) is 0 Å². The summed E-state index contributed by atoms with van der Waals surface area (Å²) in [6.45, 7) is 4.21. The standard InChI is InChI=1S/C16H21NO4S/c1-3-21-14-7-5-4-6-13(14)8-9-15(18)17-16(2)10-11-22(19,20)12-16/h4-9H,3,10-12H2,1-2H3,(H,17,18)/b9-8+. The molecule has 1 N–H and O–H groups in total. The molecular weight excluding hydrogens is 302 g/mol. The van der Waals surface area contributed by atoms with Crippen molar-refractivity contribution in [2.45, 2.75) is 25.8 Å². The van der Waals surface area contributed by atoms with Crippen molar-refractivity contribution >= 4 is 21.8 Å². The van der Waals surface area contributed by atoms with Crippen molar-refractivity contribution < 1.29 is 17.9 Å². The lowest BCUT2D eigenvalue weighted by molar-refractivity contribution is -0.117. The van der Waals surface area contributed by atoms with E-state index in [1.54, 1.807) is 13.0 Å². The van der Waals surface area contributed by atoms with Gasteiger partial charge in [0.15, 0.2) is 9.84 Å². The molecule has 6 heteroatoms. The minimum atomic E-state index is -3.04. The average Bonchev–Trinajstić information content (AvgIpc) is 2.72. The third-order valence-electron chi connectivity index (χ3n) is 3.56. The molecule has 1 fully saturated rings. The minimum absolute atomic E-state index is 0.00485. The van der Waals surface area contributed by atoms with Gasteiger partial charge in [-0.05, 0) is 32.4 Å². The van der Waals surface area contributed by atoms with E-state index in [0.29, 0.717) is 18.8 Å². The Morgan fingerprint density at radius 1 is 1.41 bits per heavy atom. The lowest BCUT2D eigenvalue weighted by atomic mass is 10.0. The van der Waals surface area contributed by atoms with Crippen LogP contribution in [0.3, 0.4) is 0 Å². The molecule has 0 aliphatic carbocycles. The fourth-order valence-electron chi connectivity index (χ4n) is 2.52. The molecule has 1 aliphatic rings. The molecule has 1 aromatic carbocycles. The first-order valence-corrected chi connectivity index (χ1v) is 9.08. The number of carbonyl (C=O) groups excluding carboxylic acids is 1. The van der Waals surface area contributed by atoms with E-state index in [9.17, 15) is 13.2 Å². The lowest BCUT2D eigenvalue weighted by Gasteiger charge is -2.22. The number of para-hydroxylation sites is 1. The third-order valence-corrected chi connectivity index (χ3v) is 5.46. The predicted molar refractivity (Wildman–Crippen MR) is 86.5 cm³/mol. The number of rotatable bonds is 5. The van der Waals surface area contributed by atoms with Crippen LogP contribution in [0.2, 0.25) is 0 Å². The van der Waals surface area contributed by atoms with E-state index in [1.165, 1.54) is 6.08 Å². The topological polar surface area (TPSA) is 72.5 Å². The van der Waals surface area contributed by atoms with E-state index < -0.39 is 15.4 Å². The zero-order chi connectivity index (χ0) is 16.2. The highest BCUT2D eigenvalue weighted by Gasteiger charge is 2.39. The normalized spacial score (nSPS) is 23.5. The van der Waals surface area contributed by atoms with Crippen molar-refractivity contribution in [3.63, 3.8) is 0 Å².